The number of aliphatic hydroxyl groups is 1. The summed E-state index contributed by atoms with van der Waals surface area (Å²) in [6, 6.07) is 0. The molecule has 13 heavy (non-hydrogen) atoms. The van der Waals surface area contributed by atoms with E-state index in [1.807, 2.05) is 0 Å². The minimum atomic E-state index is -1.04. The SMILES string of the molecule is C[Si](C)(C)C1CCCC=C1CCO. The molecule has 0 aromatic rings. The Morgan fingerprint density at radius 2 is 2.15 bits per heavy atom. The summed E-state index contributed by atoms with van der Waals surface area (Å²) in [5.41, 5.74) is 2.38. The zero-order chi connectivity index (χ0) is 9.90. The smallest absolute Gasteiger partial charge is 0.0517 e. The molecule has 2 heteroatoms. The quantitative estimate of drug-likeness (QED) is 0.545. The number of hydrogen-bond acceptors (Lipinski definition) is 1. The number of allylic oxidation sites excluding steroid dienone is 1. The predicted molar refractivity (Wildman–Crippen MR) is 60.7 cm³/mol. The van der Waals surface area contributed by atoms with Crippen molar-refractivity contribution in [2.75, 3.05) is 6.61 Å². The van der Waals surface area contributed by atoms with Gasteiger partial charge in [-0.15, -0.1) is 0 Å². The second-order valence-corrected chi connectivity index (χ2v) is 10.5. The van der Waals surface area contributed by atoms with Crippen LogP contribution in [0.1, 0.15) is 25.7 Å². The lowest BCUT2D eigenvalue weighted by molar-refractivity contribution is 0.296. The van der Waals surface area contributed by atoms with Gasteiger partial charge in [-0.2, -0.15) is 0 Å². The molecule has 0 bridgehead atoms. The van der Waals surface area contributed by atoms with Crippen LogP contribution in [0.2, 0.25) is 25.2 Å². The maximum Gasteiger partial charge on any atom is 0.0517 e. The lowest BCUT2D eigenvalue weighted by Gasteiger charge is -2.34. The van der Waals surface area contributed by atoms with Crippen LogP contribution >= 0.6 is 0 Å². The molecule has 1 aliphatic rings. The number of hydrogen-bond donors (Lipinski definition) is 1. The van der Waals surface area contributed by atoms with Crippen molar-refractivity contribution in [3.63, 3.8) is 0 Å². The summed E-state index contributed by atoms with van der Waals surface area (Å²) in [6.45, 7) is 7.64. The molecule has 1 atom stereocenters. The van der Waals surface area contributed by atoms with Crippen molar-refractivity contribution in [3.05, 3.63) is 11.6 Å². The van der Waals surface area contributed by atoms with Crippen molar-refractivity contribution in [2.45, 2.75) is 50.9 Å². The van der Waals surface area contributed by atoms with Crippen molar-refractivity contribution in [2.24, 2.45) is 0 Å². The Hall–Kier alpha value is -0.0831. The molecule has 0 radical (unpaired) electrons. The third-order valence-electron chi connectivity index (χ3n) is 3.00. The minimum Gasteiger partial charge on any atom is -0.396 e. The molecule has 0 heterocycles. The van der Waals surface area contributed by atoms with Gasteiger partial charge in [0.05, 0.1) is 8.07 Å². The van der Waals surface area contributed by atoms with Crippen LogP contribution in [-0.2, 0) is 0 Å². The summed E-state index contributed by atoms with van der Waals surface area (Å²) in [7, 11) is -1.04. The topological polar surface area (TPSA) is 20.2 Å². The Morgan fingerprint density at radius 3 is 2.69 bits per heavy atom. The summed E-state index contributed by atoms with van der Waals surface area (Å²) >= 11 is 0. The van der Waals surface area contributed by atoms with Crippen LogP contribution in [0.15, 0.2) is 11.6 Å². The van der Waals surface area contributed by atoms with Gasteiger partial charge in [0, 0.05) is 6.61 Å². The van der Waals surface area contributed by atoms with Gasteiger partial charge < -0.3 is 5.11 Å². The van der Waals surface area contributed by atoms with Gasteiger partial charge in [-0.05, 0) is 31.2 Å². The van der Waals surface area contributed by atoms with Crippen molar-refractivity contribution in [1.29, 1.82) is 0 Å². The molecule has 0 aliphatic heterocycles. The van der Waals surface area contributed by atoms with Crippen molar-refractivity contribution < 1.29 is 5.11 Å². The van der Waals surface area contributed by atoms with Crippen LogP contribution in [0.25, 0.3) is 0 Å². The third-order valence-corrected chi connectivity index (χ3v) is 5.75. The molecular weight excluding hydrogens is 176 g/mol. The van der Waals surface area contributed by atoms with Gasteiger partial charge in [0.15, 0.2) is 0 Å². The van der Waals surface area contributed by atoms with Gasteiger partial charge in [0.2, 0.25) is 0 Å². The molecule has 0 aromatic carbocycles. The highest BCUT2D eigenvalue weighted by atomic mass is 28.3. The van der Waals surface area contributed by atoms with Gasteiger partial charge in [0.25, 0.3) is 0 Å². The second-order valence-electron chi connectivity index (χ2n) is 5.10. The standard InChI is InChI=1S/C11H22OSi/c1-13(2,3)11-7-5-4-6-10(11)8-9-12/h6,11-12H,4-5,7-9H2,1-3H3. The predicted octanol–water partition coefficient (Wildman–Crippen LogP) is 3.19. The van der Waals surface area contributed by atoms with E-state index in [2.05, 4.69) is 25.7 Å². The summed E-state index contributed by atoms with van der Waals surface area (Å²) in [5, 5.41) is 8.98. The van der Waals surface area contributed by atoms with Crippen LogP contribution < -0.4 is 0 Å². The van der Waals surface area contributed by atoms with Gasteiger partial charge in [-0.3, -0.25) is 0 Å². The Morgan fingerprint density at radius 1 is 1.46 bits per heavy atom. The van der Waals surface area contributed by atoms with E-state index in [1.165, 1.54) is 19.3 Å². The van der Waals surface area contributed by atoms with Crippen molar-refractivity contribution >= 4 is 8.07 Å². The van der Waals surface area contributed by atoms with E-state index in [9.17, 15) is 0 Å². The van der Waals surface area contributed by atoms with E-state index < -0.39 is 8.07 Å². The fourth-order valence-electron chi connectivity index (χ4n) is 2.33. The molecule has 76 valence electrons. The average molecular weight is 198 g/mol. The zero-order valence-corrected chi connectivity index (χ0v) is 10.1. The Balaban J connectivity index is 2.71. The molecule has 0 saturated heterocycles. The normalized spacial score (nSPS) is 24.3. The fraction of sp³-hybridized carbons (Fsp3) is 0.818. The van der Waals surface area contributed by atoms with E-state index in [4.69, 9.17) is 5.11 Å². The zero-order valence-electron chi connectivity index (χ0n) is 9.14. The third kappa shape index (κ3) is 2.95. The van der Waals surface area contributed by atoms with Crippen molar-refractivity contribution in [1.82, 2.24) is 0 Å². The molecule has 1 rings (SSSR count). The van der Waals surface area contributed by atoms with Crippen molar-refractivity contribution in [3.8, 4) is 0 Å². The molecule has 0 spiro atoms. The Bertz CT molecular complexity index is 191. The largest absolute Gasteiger partial charge is 0.396 e. The highest BCUT2D eigenvalue weighted by molar-refractivity contribution is 6.78. The van der Waals surface area contributed by atoms with E-state index in [0.717, 1.165) is 12.0 Å². The first-order valence-electron chi connectivity index (χ1n) is 5.35. The molecule has 0 amide bonds. The van der Waals surface area contributed by atoms with Gasteiger partial charge in [0.1, 0.15) is 0 Å². The van der Waals surface area contributed by atoms with Crippen LogP contribution in [0.5, 0.6) is 0 Å². The monoisotopic (exact) mass is 198 g/mol. The fourth-order valence-corrected chi connectivity index (χ4v) is 4.78. The highest BCUT2D eigenvalue weighted by Gasteiger charge is 2.30. The summed E-state index contributed by atoms with van der Waals surface area (Å²) in [5.74, 6) is 0. The summed E-state index contributed by atoms with van der Waals surface area (Å²) in [4.78, 5) is 0. The number of aliphatic hydroxyl groups excluding tert-OH is 1. The molecule has 0 fully saturated rings. The van der Waals surface area contributed by atoms with Crippen LogP contribution in [0.4, 0.5) is 0 Å². The highest BCUT2D eigenvalue weighted by Crippen LogP contribution is 2.39. The first-order chi connectivity index (χ1) is 6.05. The maximum atomic E-state index is 8.98. The van der Waals surface area contributed by atoms with Crippen LogP contribution in [0, 0.1) is 0 Å². The summed E-state index contributed by atoms with van der Waals surface area (Å²) < 4.78 is 0. The molecule has 1 aliphatic carbocycles. The summed E-state index contributed by atoms with van der Waals surface area (Å²) in [6.07, 6.45) is 7.24. The molecule has 0 saturated carbocycles. The molecule has 0 aromatic heterocycles. The lowest BCUT2D eigenvalue weighted by atomic mass is 9.97. The van der Waals surface area contributed by atoms with Crippen LogP contribution in [-0.4, -0.2) is 19.8 Å². The molecular formula is C11H22OSi. The maximum absolute atomic E-state index is 8.98. The molecule has 1 unspecified atom stereocenters. The van der Waals surface area contributed by atoms with E-state index >= 15 is 0 Å². The first-order valence-corrected chi connectivity index (χ1v) is 8.93. The van der Waals surface area contributed by atoms with E-state index in [-0.39, 0.29) is 0 Å². The van der Waals surface area contributed by atoms with E-state index in [0.29, 0.717) is 6.61 Å². The van der Waals surface area contributed by atoms with Gasteiger partial charge in [-0.25, -0.2) is 0 Å². The number of rotatable bonds is 3. The van der Waals surface area contributed by atoms with Gasteiger partial charge >= 0.3 is 0 Å². The van der Waals surface area contributed by atoms with Gasteiger partial charge in [-0.1, -0.05) is 31.3 Å². The lowest BCUT2D eigenvalue weighted by Crippen LogP contribution is -2.31. The average Bonchev–Trinajstić information content (AvgIpc) is 2.04. The van der Waals surface area contributed by atoms with E-state index in [1.54, 1.807) is 5.57 Å². The Labute approximate surface area is 82.9 Å². The molecule has 1 nitrogen and oxygen atoms in total. The first kappa shape index (κ1) is 11.0. The van der Waals surface area contributed by atoms with Crippen LogP contribution in [0.3, 0.4) is 0 Å². The second kappa shape index (κ2) is 4.42. The Kier molecular flexibility index (Phi) is 3.74. The minimum absolute atomic E-state index is 0.326. The molecule has 1 N–H and O–H groups in total.